The van der Waals surface area contributed by atoms with Gasteiger partial charge in [0, 0.05) is 12.8 Å². The van der Waals surface area contributed by atoms with Crippen LogP contribution in [-0.2, 0) is 28.6 Å². The molecule has 44 heavy (non-hydrogen) atoms. The van der Waals surface area contributed by atoms with Crippen LogP contribution in [0.15, 0.2) is 0 Å². The standard InChI is InChI=1S/C37H69BrO6/c1-3-5-7-9-11-13-15-17-19-21-23-25-27-29-35(39)42-32-34(44-37(41)31-38)33-43-36(40)30-28-26-24-22-20-18-16-14-12-10-8-6-4-2/h34H,3-33H2,1-2H3. The molecule has 0 bridgehead atoms. The third-order valence-electron chi connectivity index (χ3n) is 8.24. The Morgan fingerprint density at radius 1 is 0.432 bits per heavy atom. The van der Waals surface area contributed by atoms with Gasteiger partial charge in [0.15, 0.2) is 6.10 Å². The molecule has 0 spiro atoms. The highest BCUT2D eigenvalue weighted by Gasteiger charge is 2.19. The molecule has 7 heteroatoms. The molecule has 0 heterocycles. The molecule has 0 N–H and O–H groups in total. The third kappa shape index (κ3) is 32.3. The van der Waals surface area contributed by atoms with Gasteiger partial charge in [-0.1, -0.05) is 184 Å². The number of esters is 3. The summed E-state index contributed by atoms with van der Waals surface area (Å²) < 4.78 is 16.0. The summed E-state index contributed by atoms with van der Waals surface area (Å²) in [5.74, 6) is -1.08. The Morgan fingerprint density at radius 3 is 0.977 bits per heavy atom. The highest BCUT2D eigenvalue weighted by Crippen LogP contribution is 2.15. The van der Waals surface area contributed by atoms with Crippen molar-refractivity contribution in [3.05, 3.63) is 0 Å². The van der Waals surface area contributed by atoms with E-state index in [-0.39, 0.29) is 30.5 Å². The molecule has 0 aliphatic rings. The SMILES string of the molecule is CCCCCCCCCCCCCCCC(=O)OCC(COC(=O)CCCCCCCCCCCCCCC)OC(=O)CBr. The first-order valence-corrected chi connectivity index (χ1v) is 19.7. The van der Waals surface area contributed by atoms with Gasteiger partial charge in [-0.25, -0.2) is 0 Å². The van der Waals surface area contributed by atoms with Gasteiger partial charge >= 0.3 is 17.9 Å². The maximum atomic E-state index is 12.2. The summed E-state index contributed by atoms with van der Waals surface area (Å²) in [6, 6.07) is 0. The smallest absolute Gasteiger partial charge is 0.317 e. The third-order valence-corrected chi connectivity index (χ3v) is 8.69. The summed E-state index contributed by atoms with van der Waals surface area (Å²) in [4.78, 5) is 36.2. The fourth-order valence-corrected chi connectivity index (χ4v) is 5.56. The Kier molecular flexibility index (Phi) is 33.9. The van der Waals surface area contributed by atoms with Gasteiger partial charge in [-0.15, -0.1) is 0 Å². The van der Waals surface area contributed by atoms with Crippen molar-refractivity contribution in [3.8, 4) is 0 Å². The maximum Gasteiger partial charge on any atom is 0.317 e. The molecule has 0 saturated heterocycles. The first kappa shape index (κ1) is 42.9. The highest BCUT2D eigenvalue weighted by molar-refractivity contribution is 9.09. The molecule has 0 aromatic rings. The zero-order chi connectivity index (χ0) is 32.4. The van der Waals surface area contributed by atoms with E-state index in [1.165, 1.54) is 128 Å². The van der Waals surface area contributed by atoms with Gasteiger partial charge in [0.05, 0.1) is 0 Å². The summed E-state index contributed by atoms with van der Waals surface area (Å²) >= 11 is 3.08. The van der Waals surface area contributed by atoms with Crippen molar-refractivity contribution in [2.24, 2.45) is 0 Å². The average molecular weight is 690 g/mol. The second-order valence-electron chi connectivity index (χ2n) is 12.6. The normalized spacial score (nSPS) is 11.2. The second kappa shape index (κ2) is 34.8. The molecule has 0 aliphatic heterocycles. The van der Waals surface area contributed by atoms with E-state index < -0.39 is 12.1 Å². The number of halogens is 1. The highest BCUT2D eigenvalue weighted by atomic mass is 79.9. The second-order valence-corrected chi connectivity index (χ2v) is 13.2. The van der Waals surface area contributed by atoms with Crippen LogP contribution in [0.5, 0.6) is 0 Å². The van der Waals surface area contributed by atoms with E-state index >= 15 is 0 Å². The largest absolute Gasteiger partial charge is 0.462 e. The molecule has 0 radical (unpaired) electrons. The van der Waals surface area contributed by atoms with Crippen LogP contribution in [-0.4, -0.2) is 42.6 Å². The molecule has 0 saturated carbocycles. The molecule has 6 nitrogen and oxygen atoms in total. The maximum absolute atomic E-state index is 12.2. The van der Waals surface area contributed by atoms with Crippen LogP contribution in [0.3, 0.4) is 0 Å². The van der Waals surface area contributed by atoms with Crippen LogP contribution in [0.2, 0.25) is 0 Å². The summed E-state index contributed by atoms with van der Waals surface area (Å²) in [6.45, 7) is 4.32. The first-order valence-electron chi connectivity index (χ1n) is 18.6. The number of hydrogen-bond donors (Lipinski definition) is 0. The lowest BCUT2D eigenvalue weighted by molar-refractivity contribution is -0.165. The molecule has 0 amide bonds. The van der Waals surface area contributed by atoms with Gasteiger partial charge < -0.3 is 14.2 Å². The number of rotatable bonds is 34. The number of carbonyl (C=O) groups is 3. The Balaban J connectivity index is 3.83. The van der Waals surface area contributed by atoms with E-state index in [4.69, 9.17) is 14.2 Å². The lowest BCUT2D eigenvalue weighted by atomic mass is 10.0. The summed E-state index contributed by atoms with van der Waals surface area (Å²) in [5.41, 5.74) is 0. The predicted molar refractivity (Wildman–Crippen MR) is 186 cm³/mol. The predicted octanol–water partition coefficient (Wildman–Crippen LogP) is 11.3. The zero-order valence-electron chi connectivity index (χ0n) is 28.8. The van der Waals surface area contributed by atoms with Gasteiger partial charge in [-0.3, -0.25) is 14.4 Å². The lowest BCUT2D eigenvalue weighted by Crippen LogP contribution is -2.31. The lowest BCUT2D eigenvalue weighted by Gasteiger charge is -2.17. The zero-order valence-corrected chi connectivity index (χ0v) is 30.4. The fraction of sp³-hybridized carbons (Fsp3) is 0.919. The van der Waals surface area contributed by atoms with Gasteiger partial charge in [-0.05, 0) is 12.8 Å². The number of alkyl halides is 1. The summed E-state index contributed by atoms with van der Waals surface area (Å²) in [6.07, 6.45) is 32.5. The van der Waals surface area contributed by atoms with Crippen LogP contribution in [0, 0.1) is 0 Å². The Labute approximate surface area is 280 Å². The van der Waals surface area contributed by atoms with Gasteiger partial charge in [-0.2, -0.15) is 0 Å². The Hall–Kier alpha value is -1.11. The van der Waals surface area contributed by atoms with Crippen molar-refractivity contribution in [1.29, 1.82) is 0 Å². The Bertz CT molecular complexity index is 610. The van der Waals surface area contributed by atoms with Gasteiger partial charge in [0.2, 0.25) is 0 Å². The van der Waals surface area contributed by atoms with Crippen LogP contribution < -0.4 is 0 Å². The van der Waals surface area contributed by atoms with Crippen molar-refractivity contribution < 1.29 is 28.6 Å². The molecule has 0 aliphatic carbocycles. The molecule has 0 aromatic heterocycles. The van der Waals surface area contributed by atoms with E-state index in [1.807, 2.05) is 0 Å². The van der Waals surface area contributed by atoms with Gasteiger partial charge in [0.1, 0.15) is 18.5 Å². The quantitative estimate of drug-likeness (QED) is 0.0290. The van der Waals surface area contributed by atoms with Crippen molar-refractivity contribution in [2.45, 2.75) is 200 Å². The average Bonchev–Trinajstić information content (AvgIpc) is 3.02. The van der Waals surface area contributed by atoms with Crippen LogP contribution in [0.25, 0.3) is 0 Å². The summed E-state index contributed by atoms with van der Waals surface area (Å²) in [5, 5.41) is 0.0311. The van der Waals surface area contributed by atoms with Crippen LogP contribution >= 0.6 is 15.9 Å². The van der Waals surface area contributed by atoms with E-state index in [9.17, 15) is 14.4 Å². The summed E-state index contributed by atoms with van der Waals surface area (Å²) in [7, 11) is 0. The van der Waals surface area contributed by atoms with Crippen molar-refractivity contribution in [2.75, 3.05) is 18.5 Å². The van der Waals surface area contributed by atoms with E-state index in [0.717, 1.165) is 38.5 Å². The van der Waals surface area contributed by atoms with E-state index in [0.29, 0.717) is 12.8 Å². The Morgan fingerprint density at radius 2 is 0.705 bits per heavy atom. The molecule has 0 atom stereocenters. The number of carbonyl (C=O) groups excluding carboxylic acids is 3. The molecule has 260 valence electrons. The molecule has 0 fully saturated rings. The first-order chi connectivity index (χ1) is 21.5. The fourth-order valence-electron chi connectivity index (χ4n) is 5.42. The topological polar surface area (TPSA) is 78.9 Å². The number of unbranched alkanes of at least 4 members (excludes halogenated alkanes) is 24. The van der Waals surface area contributed by atoms with Crippen molar-refractivity contribution in [1.82, 2.24) is 0 Å². The minimum absolute atomic E-state index is 0.0311. The number of hydrogen-bond acceptors (Lipinski definition) is 6. The van der Waals surface area contributed by atoms with Crippen molar-refractivity contribution >= 4 is 33.8 Å². The minimum Gasteiger partial charge on any atom is -0.462 e. The van der Waals surface area contributed by atoms with E-state index in [1.54, 1.807) is 0 Å². The van der Waals surface area contributed by atoms with Crippen LogP contribution in [0.1, 0.15) is 194 Å². The molecule has 0 rings (SSSR count). The van der Waals surface area contributed by atoms with E-state index in [2.05, 4.69) is 29.8 Å². The molecular weight excluding hydrogens is 620 g/mol. The molecular formula is C37H69BrO6. The van der Waals surface area contributed by atoms with Crippen molar-refractivity contribution in [3.63, 3.8) is 0 Å². The molecule has 0 unspecified atom stereocenters. The number of ether oxygens (including phenoxy) is 3. The van der Waals surface area contributed by atoms with Gasteiger partial charge in [0.25, 0.3) is 0 Å². The van der Waals surface area contributed by atoms with Crippen LogP contribution in [0.4, 0.5) is 0 Å². The monoisotopic (exact) mass is 688 g/mol. The molecule has 0 aromatic carbocycles. The minimum atomic E-state index is -0.786.